The van der Waals surface area contributed by atoms with Gasteiger partial charge in [0, 0.05) is 17.1 Å². The molecule has 0 aliphatic carbocycles. The topological polar surface area (TPSA) is 89.9 Å². The van der Waals surface area contributed by atoms with Crippen LogP contribution in [0.5, 0.6) is 0 Å². The lowest BCUT2D eigenvalue weighted by Crippen LogP contribution is -2.45. The van der Waals surface area contributed by atoms with Crippen LogP contribution in [0.1, 0.15) is 39.8 Å². The summed E-state index contributed by atoms with van der Waals surface area (Å²) in [5.74, 6) is 0.762. The number of likely N-dealkylation sites (tertiary alicyclic amines) is 1. The van der Waals surface area contributed by atoms with E-state index in [2.05, 4.69) is 20.3 Å². The van der Waals surface area contributed by atoms with E-state index in [-0.39, 0.29) is 11.9 Å². The first kappa shape index (κ1) is 19.4. The third kappa shape index (κ3) is 3.38. The fourth-order valence-corrected chi connectivity index (χ4v) is 3.88. The van der Waals surface area contributed by atoms with Crippen LogP contribution in [0, 0.1) is 13.8 Å². The van der Waals surface area contributed by atoms with Crippen molar-refractivity contribution in [2.45, 2.75) is 26.3 Å². The smallest absolute Gasteiger partial charge is 0.256 e. The SMILES string of the molecule is Cc1ccc(-n2nccn2)c(C(=O)N2CC[C@H]2c2nc(-c3cccc(Cl)c3C)no2)c1. The zero-order valence-corrected chi connectivity index (χ0v) is 17.7. The van der Waals surface area contributed by atoms with Gasteiger partial charge in [0.05, 0.1) is 23.6 Å². The third-order valence-electron chi connectivity index (χ3n) is 5.53. The number of rotatable bonds is 4. The fourth-order valence-electron chi connectivity index (χ4n) is 3.71. The first-order valence-corrected chi connectivity index (χ1v) is 10.3. The van der Waals surface area contributed by atoms with Crippen LogP contribution < -0.4 is 0 Å². The van der Waals surface area contributed by atoms with Crippen LogP contribution >= 0.6 is 11.6 Å². The Bertz CT molecular complexity index is 1270. The second kappa shape index (κ2) is 7.63. The Labute approximate surface area is 183 Å². The van der Waals surface area contributed by atoms with Crippen LogP contribution in [-0.4, -0.2) is 42.5 Å². The molecule has 1 amide bonds. The molecule has 2 aromatic heterocycles. The van der Waals surface area contributed by atoms with E-state index in [1.54, 1.807) is 17.3 Å². The molecule has 0 bridgehead atoms. The van der Waals surface area contributed by atoms with Crippen molar-refractivity contribution in [1.82, 2.24) is 30.0 Å². The lowest BCUT2D eigenvalue weighted by atomic mass is 9.99. The average Bonchev–Trinajstić information content (AvgIpc) is 3.42. The molecule has 8 nitrogen and oxygen atoms in total. The van der Waals surface area contributed by atoms with Gasteiger partial charge >= 0.3 is 0 Å². The fraction of sp³-hybridized carbons (Fsp3) is 0.227. The van der Waals surface area contributed by atoms with E-state index in [1.165, 1.54) is 4.80 Å². The highest BCUT2D eigenvalue weighted by atomic mass is 35.5. The number of amides is 1. The van der Waals surface area contributed by atoms with Crippen molar-refractivity contribution in [3.8, 4) is 17.1 Å². The summed E-state index contributed by atoms with van der Waals surface area (Å²) in [6.07, 6.45) is 3.92. The molecule has 31 heavy (non-hydrogen) atoms. The molecule has 5 rings (SSSR count). The summed E-state index contributed by atoms with van der Waals surface area (Å²) in [7, 11) is 0. The molecule has 1 fully saturated rings. The third-order valence-corrected chi connectivity index (χ3v) is 5.94. The second-order valence-corrected chi connectivity index (χ2v) is 7.92. The quantitative estimate of drug-likeness (QED) is 0.478. The average molecular weight is 435 g/mol. The van der Waals surface area contributed by atoms with Gasteiger partial charge < -0.3 is 9.42 Å². The minimum absolute atomic E-state index is 0.120. The summed E-state index contributed by atoms with van der Waals surface area (Å²) in [4.78, 5) is 21.2. The summed E-state index contributed by atoms with van der Waals surface area (Å²) >= 11 is 6.22. The molecule has 0 spiro atoms. The molecule has 3 heterocycles. The Balaban J connectivity index is 1.44. The maximum atomic E-state index is 13.4. The normalized spacial score (nSPS) is 15.7. The molecule has 156 valence electrons. The lowest BCUT2D eigenvalue weighted by molar-refractivity contribution is 0.0378. The Morgan fingerprint density at radius 3 is 2.71 bits per heavy atom. The van der Waals surface area contributed by atoms with Crippen LogP contribution in [0.4, 0.5) is 0 Å². The number of carbonyl (C=O) groups excluding carboxylic acids is 1. The maximum Gasteiger partial charge on any atom is 0.256 e. The van der Waals surface area contributed by atoms with E-state index < -0.39 is 0 Å². The van der Waals surface area contributed by atoms with Crippen molar-refractivity contribution >= 4 is 17.5 Å². The van der Waals surface area contributed by atoms with Crippen LogP contribution in [0.25, 0.3) is 17.1 Å². The highest BCUT2D eigenvalue weighted by Gasteiger charge is 2.39. The van der Waals surface area contributed by atoms with E-state index in [9.17, 15) is 4.79 Å². The first-order chi connectivity index (χ1) is 15.0. The van der Waals surface area contributed by atoms with Crippen LogP contribution in [0.15, 0.2) is 53.3 Å². The minimum atomic E-state index is -0.271. The molecule has 4 aromatic rings. The molecule has 0 N–H and O–H groups in total. The summed E-state index contributed by atoms with van der Waals surface area (Å²) in [5, 5.41) is 13.1. The van der Waals surface area contributed by atoms with Gasteiger partial charge in [-0.3, -0.25) is 4.79 Å². The van der Waals surface area contributed by atoms with Crippen molar-refractivity contribution < 1.29 is 9.32 Å². The lowest BCUT2D eigenvalue weighted by Gasteiger charge is -2.38. The van der Waals surface area contributed by atoms with Gasteiger partial charge in [-0.1, -0.05) is 40.5 Å². The van der Waals surface area contributed by atoms with Crippen LogP contribution in [-0.2, 0) is 0 Å². The number of benzene rings is 2. The zero-order valence-electron chi connectivity index (χ0n) is 17.0. The Hall–Kier alpha value is -3.52. The predicted molar refractivity (Wildman–Crippen MR) is 114 cm³/mol. The van der Waals surface area contributed by atoms with Crippen LogP contribution in [0.3, 0.4) is 0 Å². The number of halogens is 1. The zero-order chi connectivity index (χ0) is 21.5. The monoisotopic (exact) mass is 434 g/mol. The highest BCUT2D eigenvalue weighted by Crippen LogP contribution is 2.36. The van der Waals surface area contributed by atoms with Gasteiger partial charge in [0.25, 0.3) is 5.91 Å². The molecule has 0 unspecified atom stereocenters. The summed E-state index contributed by atoms with van der Waals surface area (Å²) in [6, 6.07) is 10.9. The van der Waals surface area contributed by atoms with E-state index in [1.807, 2.05) is 50.2 Å². The number of nitrogens with zero attached hydrogens (tertiary/aromatic N) is 6. The van der Waals surface area contributed by atoms with E-state index in [4.69, 9.17) is 16.1 Å². The van der Waals surface area contributed by atoms with Crippen LogP contribution in [0.2, 0.25) is 5.02 Å². The van der Waals surface area contributed by atoms with E-state index in [0.29, 0.717) is 34.5 Å². The molecule has 1 saturated heterocycles. The van der Waals surface area contributed by atoms with Gasteiger partial charge in [-0.05, 0) is 44.0 Å². The molecular weight excluding hydrogens is 416 g/mol. The standard InChI is InChI=1S/C22H19ClN6O2/c1-13-6-7-18(29-24-9-10-25-29)16(12-13)22(30)28-11-8-19(28)21-26-20(27-31-21)15-4-3-5-17(23)14(15)2/h3-7,9-10,12,19H,8,11H2,1-2H3/t19-/m0/s1. The van der Waals surface area contributed by atoms with Gasteiger partial charge in [0.1, 0.15) is 6.04 Å². The molecule has 2 aromatic carbocycles. The summed E-state index contributed by atoms with van der Waals surface area (Å²) < 4.78 is 5.53. The highest BCUT2D eigenvalue weighted by molar-refractivity contribution is 6.31. The van der Waals surface area contributed by atoms with Gasteiger partial charge in [-0.2, -0.15) is 20.0 Å². The Morgan fingerprint density at radius 1 is 1.16 bits per heavy atom. The molecule has 0 radical (unpaired) electrons. The molecular formula is C22H19ClN6O2. The largest absolute Gasteiger partial charge is 0.337 e. The molecule has 1 aliphatic heterocycles. The molecule has 1 aliphatic rings. The summed E-state index contributed by atoms with van der Waals surface area (Å²) in [6.45, 7) is 4.47. The van der Waals surface area contributed by atoms with E-state index in [0.717, 1.165) is 23.1 Å². The van der Waals surface area contributed by atoms with Crippen molar-refractivity contribution in [2.75, 3.05) is 6.54 Å². The van der Waals surface area contributed by atoms with Gasteiger partial charge in [-0.15, -0.1) is 0 Å². The van der Waals surface area contributed by atoms with Gasteiger partial charge in [-0.25, -0.2) is 0 Å². The minimum Gasteiger partial charge on any atom is -0.337 e. The van der Waals surface area contributed by atoms with Crippen molar-refractivity contribution in [3.05, 3.63) is 76.4 Å². The maximum absolute atomic E-state index is 13.4. The Kier molecular flexibility index (Phi) is 4.78. The van der Waals surface area contributed by atoms with Gasteiger partial charge in [0.2, 0.25) is 11.7 Å². The number of hydrogen-bond acceptors (Lipinski definition) is 6. The number of hydrogen-bond donors (Lipinski definition) is 0. The van der Waals surface area contributed by atoms with Gasteiger partial charge in [0.15, 0.2) is 0 Å². The number of carbonyl (C=O) groups is 1. The molecule has 1 atom stereocenters. The summed E-state index contributed by atoms with van der Waals surface area (Å²) in [5.41, 5.74) is 3.84. The van der Waals surface area contributed by atoms with Crippen molar-refractivity contribution in [1.29, 1.82) is 0 Å². The van der Waals surface area contributed by atoms with Crippen molar-refractivity contribution in [3.63, 3.8) is 0 Å². The van der Waals surface area contributed by atoms with Crippen molar-refractivity contribution in [2.24, 2.45) is 0 Å². The molecule has 9 heteroatoms. The van der Waals surface area contributed by atoms with E-state index >= 15 is 0 Å². The Morgan fingerprint density at radius 2 is 1.97 bits per heavy atom. The predicted octanol–water partition coefficient (Wildman–Crippen LogP) is 4.17. The second-order valence-electron chi connectivity index (χ2n) is 7.51. The number of aryl methyl sites for hydroxylation is 1. The molecule has 0 saturated carbocycles. The number of aromatic nitrogens is 5. The first-order valence-electron chi connectivity index (χ1n) is 9.90.